The Morgan fingerprint density at radius 3 is 1.75 bits per heavy atom. The summed E-state index contributed by atoms with van der Waals surface area (Å²) in [5.74, 6) is 1.68. The van der Waals surface area contributed by atoms with E-state index in [4.69, 9.17) is 0 Å². The molecule has 0 radical (unpaired) electrons. The molecular formula is C17H35FS2. The number of hydrogen-bond acceptors (Lipinski definition) is 2. The molecule has 0 unspecified atom stereocenters. The molecule has 122 valence electrons. The molecule has 0 aliphatic rings. The van der Waals surface area contributed by atoms with Crippen LogP contribution in [0.25, 0.3) is 0 Å². The van der Waals surface area contributed by atoms with Crippen molar-refractivity contribution in [2.45, 2.75) is 90.2 Å². The Balaban J connectivity index is 4.11. The molecule has 0 aromatic rings. The zero-order valence-corrected chi connectivity index (χ0v) is 15.5. The highest BCUT2D eigenvalue weighted by Gasteiger charge is 2.21. The maximum absolute atomic E-state index is 13.3. The van der Waals surface area contributed by atoms with Gasteiger partial charge in [0, 0.05) is 11.0 Å². The average Bonchev–Trinajstić information content (AvgIpc) is 2.47. The second-order valence-electron chi connectivity index (χ2n) is 5.65. The number of halogens is 1. The average molecular weight is 323 g/mol. The third-order valence-corrected chi connectivity index (χ3v) is 6.83. The summed E-state index contributed by atoms with van der Waals surface area (Å²) in [4.78, 5) is 0. The molecule has 0 bridgehead atoms. The summed E-state index contributed by atoms with van der Waals surface area (Å²) in [6.45, 7) is 6.51. The molecule has 0 aromatic carbocycles. The van der Waals surface area contributed by atoms with Crippen molar-refractivity contribution in [1.29, 1.82) is 0 Å². The van der Waals surface area contributed by atoms with Crippen molar-refractivity contribution < 1.29 is 4.39 Å². The van der Waals surface area contributed by atoms with Crippen molar-refractivity contribution in [2.75, 3.05) is 12.4 Å². The lowest BCUT2D eigenvalue weighted by Crippen LogP contribution is -2.19. The number of hydrogen-bond donors (Lipinski definition) is 0. The third-order valence-electron chi connectivity index (χ3n) is 3.84. The van der Waals surface area contributed by atoms with Crippen LogP contribution in [0.5, 0.6) is 0 Å². The summed E-state index contributed by atoms with van der Waals surface area (Å²) in [5.41, 5.74) is 0. The normalized spacial score (nSPS) is 13.1. The van der Waals surface area contributed by atoms with Crippen LogP contribution in [0.2, 0.25) is 0 Å². The molecule has 1 atom stereocenters. The van der Waals surface area contributed by atoms with Crippen LogP contribution in [-0.2, 0) is 0 Å². The molecule has 0 amide bonds. The summed E-state index contributed by atoms with van der Waals surface area (Å²) in [5, 5.41) is 0.225. The molecule has 20 heavy (non-hydrogen) atoms. The van der Waals surface area contributed by atoms with Gasteiger partial charge in [0.2, 0.25) is 0 Å². The fourth-order valence-electron chi connectivity index (χ4n) is 2.57. The Morgan fingerprint density at radius 2 is 1.35 bits per heavy atom. The standard InChI is InChI=1S/C17H35FS2/c1-4-7-9-11-13-16(14-12-10-8-5-2)17(15-18)20-19-6-3/h16-17H,4-15H2,1-3H3/t17-/m1/s1. The van der Waals surface area contributed by atoms with E-state index in [1.807, 2.05) is 10.8 Å². The first kappa shape index (κ1) is 20.6. The lowest BCUT2D eigenvalue weighted by molar-refractivity contribution is 0.345. The van der Waals surface area contributed by atoms with Gasteiger partial charge in [0.25, 0.3) is 0 Å². The maximum Gasteiger partial charge on any atom is 0.102 e. The minimum atomic E-state index is -0.149. The van der Waals surface area contributed by atoms with Crippen molar-refractivity contribution >= 4 is 21.6 Å². The Bertz CT molecular complexity index is 176. The van der Waals surface area contributed by atoms with Gasteiger partial charge in [0.05, 0.1) is 0 Å². The predicted octanol–water partition coefficient (Wildman–Crippen LogP) is 7.28. The van der Waals surface area contributed by atoms with Gasteiger partial charge in [-0.05, 0) is 18.8 Å². The van der Waals surface area contributed by atoms with Gasteiger partial charge < -0.3 is 0 Å². The van der Waals surface area contributed by atoms with Crippen LogP contribution in [0.1, 0.15) is 85.0 Å². The zero-order valence-electron chi connectivity index (χ0n) is 13.8. The van der Waals surface area contributed by atoms with Gasteiger partial charge in [-0.2, -0.15) is 0 Å². The first-order chi connectivity index (χ1) is 9.79. The molecule has 0 aromatic heterocycles. The minimum Gasteiger partial charge on any atom is -0.250 e. The van der Waals surface area contributed by atoms with E-state index in [-0.39, 0.29) is 11.9 Å². The summed E-state index contributed by atoms with van der Waals surface area (Å²) < 4.78 is 13.3. The molecule has 0 nitrogen and oxygen atoms in total. The monoisotopic (exact) mass is 322 g/mol. The molecule has 0 heterocycles. The van der Waals surface area contributed by atoms with Crippen molar-refractivity contribution in [3.05, 3.63) is 0 Å². The van der Waals surface area contributed by atoms with Gasteiger partial charge in [-0.25, -0.2) is 4.39 Å². The van der Waals surface area contributed by atoms with Gasteiger partial charge in [-0.15, -0.1) is 0 Å². The van der Waals surface area contributed by atoms with Crippen LogP contribution >= 0.6 is 21.6 Å². The first-order valence-electron chi connectivity index (χ1n) is 8.64. The second-order valence-corrected chi connectivity index (χ2v) is 8.55. The third kappa shape index (κ3) is 11.3. The van der Waals surface area contributed by atoms with Crippen LogP contribution in [0.15, 0.2) is 0 Å². The lowest BCUT2D eigenvalue weighted by atomic mass is 9.92. The summed E-state index contributed by atoms with van der Waals surface area (Å²) >= 11 is 0. The van der Waals surface area contributed by atoms with E-state index in [1.165, 1.54) is 64.2 Å². The van der Waals surface area contributed by atoms with Crippen molar-refractivity contribution in [3.8, 4) is 0 Å². The summed E-state index contributed by atoms with van der Waals surface area (Å²) in [7, 11) is 3.63. The van der Waals surface area contributed by atoms with Crippen LogP contribution in [0.4, 0.5) is 4.39 Å². The van der Waals surface area contributed by atoms with Crippen molar-refractivity contribution in [2.24, 2.45) is 5.92 Å². The van der Waals surface area contributed by atoms with Crippen molar-refractivity contribution in [3.63, 3.8) is 0 Å². The highest BCUT2D eigenvalue weighted by molar-refractivity contribution is 8.76. The second kappa shape index (κ2) is 16.0. The summed E-state index contributed by atoms with van der Waals surface area (Å²) in [6, 6.07) is 0. The Hall–Kier alpha value is 0.630. The van der Waals surface area contributed by atoms with E-state index in [9.17, 15) is 4.39 Å². The minimum absolute atomic E-state index is 0.149. The van der Waals surface area contributed by atoms with Gasteiger partial charge >= 0.3 is 0 Å². The van der Waals surface area contributed by atoms with Crippen LogP contribution < -0.4 is 0 Å². The molecule has 0 saturated carbocycles. The van der Waals surface area contributed by atoms with Crippen LogP contribution in [0, 0.1) is 5.92 Å². The highest BCUT2D eigenvalue weighted by Crippen LogP contribution is 2.36. The van der Waals surface area contributed by atoms with E-state index >= 15 is 0 Å². The van der Waals surface area contributed by atoms with Gasteiger partial charge in [0.1, 0.15) is 6.67 Å². The Morgan fingerprint density at radius 1 is 0.800 bits per heavy atom. The van der Waals surface area contributed by atoms with Crippen molar-refractivity contribution in [1.82, 2.24) is 0 Å². The number of unbranched alkanes of at least 4 members (excludes halogenated alkanes) is 6. The van der Waals surface area contributed by atoms with E-state index in [0.717, 1.165) is 5.75 Å². The van der Waals surface area contributed by atoms with Crippen LogP contribution in [0.3, 0.4) is 0 Å². The van der Waals surface area contributed by atoms with Gasteiger partial charge in [-0.3, -0.25) is 0 Å². The largest absolute Gasteiger partial charge is 0.250 e. The zero-order chi connectivity index (χ0) is 15.1. The molecule has 0 rings (SSSR count). The molecule has 0 spiro atoms. The molecule has 0 aliphatic carbocycles. The Labute approximate surface area is 134 Å². The van der Waals surface area contributed by atoms with Gasteiger partial charge in [0.15, 0.2) is 0 Å². The first-order valence-corrected chi connectivity index (χ1v) is 11.0. The molecule has 0 saturated heterocycles. The molecular weight excluding hydrogens is 287 g/mol. The summed E-state index contributed by atoms with van der Waals surface area (Å²) in [6.07, 6.45) is 12.9. The predicted molar refractivity (Wildman–Crippen MR) is 96.5 cm³/mol. The lowest BCUT2D eigenvalue weighted by Gasteiger charge is -2.24. The SMILES string of the molecule is CCCCCCC(CCCCCC)[C@@H](CF)SSCC. The fourth-order valence-corrected chi connectivity index (χ4v) is 4.92. The van der Waals surface area contributed by atoms with E-state index in [0.29, 0.717) is 5.92 Å². The van der Waals surface area contributed by atoms with E-state index in [1.54, 1.807) is 10.8 Å². The number of alkyl halides is 1. The molecule has 0 N–H and O–H groups in total. The molecule has 3 heteroatoms. The highest BCUT2D eigenvalue weighted by atomic mass is 33.1. The Kier molecular flexibility index (Phi) is 16.5. The fraction of sp³-hybridized carbons (Fsp3) is 1.00. The number of rotatable bonds is 15. The van der Waals surface area contributed by atoms with Gasteiger partial charge in [-0.1, -0.05) is 93.7 Å². The topological polar surface area (TPSA) is 0 Å². The van der Waals surface area contributed by atoms with Crippen LogP contribution in [-0.4, -0.2) is 17.7 Å². The smallest absolute Gasteiger partial charge is 0.102 e. The van der Waals surface area contributed by atoms with E-state index in [2.05, 4.69) is 20.8 Å². The van der Waals surface area contributed by atoms with E-state index < -0.39 is 0 Å². The molecule has 0 fully saturated rings. The quantitative estimate of drug-likeness (QED) is 0.229. The maximum atomic E-state index is 13.3. The molecule has 0 aliphatic heterocycles.